The summed E-state index contributed by atoms with van der Waals surface area (Å²) < 4.78 is 1.73. The Morgan fingerprint density at radius 3 is 2.67 bits per heavy atom. The minimum atomic E-state index is -0.310. The molecule has 0 saturated carbocycles. The zero-order chi connectivity index (χ0) is 18.8. The van der Waals surface area contributed by atoms with Crippen LogP contribution >= 0.6 is 11.8 Å². The number of rotatable bonds is 5. The molecule has 27 heavy (non-hydrogen) atoms. The van der Waals surface area contributed by atoms with Crippen LogP contribution in [-0.4, -0.2) is 30.7 Å². The summed E-state index contributed by atoms with van der Waals surface area (Å²) in [7, 11) is 0. The van der Waals surface area contributed by atoms with E-state index in [0.717, 1.165) is 22.1 Å². The van der Waals surface area contributed by atoms with Gasteiger partial charge in [-0.3, -0.25) is 4.79 Å². The Kier molecular flexibility index (Phi) is 4.77. The number of thioether (sulfide) groups is 1. The number of aryl methyl sites for hydroxylation is 1. The van der Waals surface area contributed by atoms with Crippen LogP contribution in [0.2, 0.25) is 0 Å². The molecule has 6 nitrogen and oxygen atoms in total. The van der Waals surface area contributed by atoms with Crippen molar-refractivity contribution in [3.63, 3.8) is 0 Å². The molecule has 2 aromatic carbocycles. The largest absolute Gasteiger partial charge is 0.351 e. The molecule has 1 amide bonds. The second-order valence-corrected chi connectivity index (χ2v) is 7.58. The van der Waals surface area contributed by atoms with Crippen molar-refractivity contribution >= 4 is 34.2 Å². The summed E-state index contributed by atoms with van der Waals surface area (Å²) in [4.78, 5) is 21.7. The molecule has 0 aliphatic rings. The number of carbonyl (C=O) groups excluding carboxylic acids is 1. The van der Waals surface area contributed by atoms with Gasteiger partial charge < -0.3 is 5.32 Å². The Labute approximate surface area is 161 Å². The molecule has 2 heterocycles. The highest BCUT2D eigenvalue weighted by Gasteiger charge is 2.19. The number of benzene rings is 2. The van der Waals surface area contributed by atoms with E-state index in [1.807, 2.05) is 68.4 Å². The van der Waals surface area contributed by atoms with Crippen molar-refractivity contribution in [2.24, 2.45) is 0 Å². The van der Waals surface area contributed by atoms with Gasteiger partial charge in [-0.05, 0) is 31.5 Å². The second-order valence-electron chi connectivity index (χ2n) is 6.27. The number of hydrogen-bond donors (Lipinski definition) is 1. The van der Waals surface area contributed by atoms with E-state index < -0.39 is 0 Å². The van der Waals surface area contributed by atoms with Crippen molar-refractivity contribution in [1.29, 1.82) is 0 Å². The number of fused-ring (bicyclic) bond motifs is 3. The smallest absolute Gasteiger partial charge is 0.233 e. The first-order valence-corrected chi connectivity index (χ1v) is 9.60. The molecule has 0 fully saturated rings. The number of para-hydroxylation sites is 1. The summed E-state index contributed by atoms with van der Waals surface area (Å²) in [5.74, 6) is 0.639. The first kappa shape index (κ1) is 17.5. The second kappa shape index (κ2) is 7.36. The molecule has 2 aromatic heterocycles. The molecule has 0 aliphatic carbocycles. The van der Waals surface area contributed by atoms with Crippen LogP contribution < -0.4 is 5.32 Å². The van der Waals surface area contributed by atoms with Crippen LogP contribution in [0.25, 0.3) is 16.6 Å². The van der Waals surface area contributed by atoms with Crippen LogP contribution in [0.15, 0.2) is 59.8 Å². The Bertz CT molecular complexity index is 1110. The number of nitrogens with one attached hydrogen (secondary N) is 1. The van der Waals surface area contributed by atoms with Crippen molar-refractivity contribution < 1.29 is 4.79 Å². The fraction of sp³-hybridized carbons (Fsp3) is 0.200. The number of amides is 1. The fourth-order valence-electron chi connectivity index (χ4n) is 2.85. The van der Waals surface area contributed by atoms with Gasteiger partial charge in [0.1, 0.15) is 5.82 Å². The predicted octanol–water partition coefficient (Wildman–Crippen LogP) is 3.38. The number of carbonyl (C=O) groups is 1. The van der Waals surface area contributed by atoms with Crippen molar-refractivity contribution in [2.75, 3.05) is 0 Å². The minimum Gasteiger partial charge on any atom is -0.351 e. The standard InChI is InChI=1S/C20H19N5OS/c1-13(19(26)21-12-15-8-4-3-5-9-15)27-20-23-17-11-7-6-10-16(17)18-22-14(2)24-25(18)20/h3-11,13H,12H2,1-2H3,(H,21,26). The third-order valence-electron chi connectivity index (χ3n) is 4.22. The predicted molar refractivity (Wildman–Crippen MR) is 107 cm³/mol. The third kappa shape index (κ3) is 3.64. The van der Waals surface area contributed by atoms with Crippen molar-refractivity contribution in [1.82, 2.24) is 24.9 Å². The highest BCUT2D eigenvalue weighted by atomic mass is 32.2. The van der Waals surface area contributed by atoms with E-state index in [2.05, 4.69) is 15.4 Å². The molecular formula is C20H19N5OS. The summed E-state index contributed by atoms with van der Waals surface area (Å²) in [5, 5.41) is 8.73. The average molecular weight is 377 g/mol. The van der Waals surface area contributed by atoms with Gasteiger partial charge in [0.05, 0.1) is 10.8 Å². The number of hydrogen-bond acceptors (Lipinski definition) is 5. The monoisotopic (exact) mass is 377 g/mol. The number of aromatic nitrogens is 4. The highest BCUT2D eigenvalue weighted by Crippen LogP contribution is 2.26. The Morgan fingerprint density at radius 2 is 1.85 bits per heavy atom. The van der Waals surface area contributed by atoms with Crippen LogP contribution in [0.3, 0.4) is 0 Å². The zero-order valence-corrected chi connectivity index (χ0v) is 15.9. The van der Waals surface area contributed by atoms with Gasteiger partial charge in [-0.2, -0.15) is 4.52 Å². The molecule has 1 atom stereocenters. The van der Waals surface area contributed by atoms with Crippen LogP contribution in [0.5, 0.6) is 0 Å². The summed E-state index contributed by atoms with van der Waals surface area (Å²) >= 11 is 1.38. The molecule has 1 N–H and O–H groups in total. The molecular weight excluding hydrogens is 358 g/mol. The summed E-state index contributed by atoms with van der Waals surface area (Å²) in [6, 6.07) is 17.7. The SMILES string of the molecule is Cc1nc2c3ccccc3nc(SC(C)C(=O)NCc3ccccc3)n2n1. The molecule has 0 spiro atoms. The minimum absolute atomic E-state index is 0.0381. The number of nitrogens with zero attached hydrogens (tertiary/aromatic N) is 4. The van der Waals surface area contributed by atoms with Crippen molar-refractivity contribution in [2.45, 2.75) is 30.8 Å². The topological polar surface area (TPSA) is 72.2 Å². The van der Waals surface area contributed by atoms with Crippen LogP contribution in [0, 0.1) is 6.92 Å². The van der Waals surface area contributed by atoms with Gasteiger partial charge in [-0.1, -0.05) is 54.2 Å². The fourth-order valence-corrected chi connectivity index (χ4v) is 3.73. The zero-order valence-electron chi connectivity index (χ0n) is 15.1. The van der Waals surface area contributed by atoms with Crippen LogP contribution in [-0.2, 0) is 11.3 Å². The first-order valence-electron chi connectivity index (χ1n) is 8.72. The van der Waals surface area contributed by atoms with E-state index >= 15 is 0 Å². The van der Waals surface area contributed by atoms with E-state index in [9.17, 15) is 4.79 Å². The molecule has 4 aromatic rings. The Morgan fingerprint density at radius 1 is 1.11 bits per heavy atom. The van der Waals surface area contributed by atoms with Gasteiger partial charge in [0.25, 0.3) is 0 Å². The lowest BCUT2D eigenvalue weighted by molar-refractivity contribution is -0.120. The molecule has 0 bridgehead atoms. The highest BCUT2D eigenvalue weighted by molar-refractivity contribution is 8.00. The van der Waals surface area contributed by atoms with Crippen LogP contribution in [0.1, 0.15) is 18.3 Å². The molecule has 0 saturated heterocycles. The summed E-state index contributed by atoms with van der Waals surface area (Å²) in [5.41, 5.74) is 2.68. The molecule has 0 radical (unpaired) electrons. The Hall–Kier alpha value is -2.93. The first-order chi connectivity index (χ1) is 13.1. The maximum atomic E-state index is 12.5. The van der Waals surface area contributed by atoms with Gasteiger partial charge >= 0.3 is 0 Å². The van der Waals surface area contributed by atoms with Gasteiger partial charge in [0.2, 0.25) is 5.91 Å². The maximum Gasteiger partial charge on any atom is 0.233 e. The maximum absolute atomic E-state index is 12.5. The van der Waals surface area contributed by atoms with E-state index in [1.165, 1.54) is 11.8 Å². The van der Waals surface area contributed by atoms with Gasteiger partial charge in [-0.15, -0.1) is 5.10 Å². The molecule has 1 unspecified atom stereocenters. The van der Waals surface area contributed by atoms with E-state index in [4.69, 9.17) is 4.98 Å². The summed E-state index contributed by atoms with van der Waals surface area (Å²) in [6.45, 7) is 4.23. The lowest BCUT2D eigenvalue weighted by Crippen LogP contribution is -2.30. The Balaban J connectivity index is 1.57. The molecule has 0 aliphatic heterocycles. The van der Waals surface area contributed by atoms with Gasteiger partial charge in [-0.25, -0.2) is 9.97 Å². The van der Waals surface area contributed by atoms with E-state index in [-0.39, 0.29) is 11.2 Å². The van der Waals surface area contributed by atoms with E-state index in [1.54, 1.807) is 4.52 Å². The summed E-state index contributed by atoms with van der Waals surface area (Å²) in [6.07, 6.45) is 0. The normalized spacial score (nSPS) is 12.4. The molecule has 136 valence electrons. The van der Waals surface area contributed by atoms with Gasteiger partial charge in [0, 0.05) is 11.9 Å². The van der Waals surface area contributed by atoms with Crippen molar-refractivity contribution in [3.05, 3.63) is 66.0 Å². The molecule has 7 heteroatoms. The van der Waals surface area contributed by atoms with Crippen molar-refractivity contribution in [3.8, 4) is 0 Å². The third-order valence-corrected chi connectivity index (χ3v) is 5.26. The lowest BCUT2D eigenvalue weighted by Gasteiger charge is -2.12. The average Bonchev–Trinajstić information content (AvgIpc) is 3.09. The lowest BCUT2D eigenvalue weighted by atomic mass is 10.2. The van der Waals surface area contributed by atoms with E-state index in [0.29, 0.717) is 17.5 Å². The van der Waals surface area contributed by atoms with Gasteiger partial charge in [0.15, 0.2) is 10.8 Å². The quantitative estimate of drug-likeness (QED) is 0.426. The molecule has 4 rings (SSSR count). The van der Waals surface area contributed by atoms with Crippen LogP contribution in [0.4, 0.5) is 0 Å².